The van der Waals surface area contributed by atoms with Crippen LogP contribution in [0.2, 0.25) is 0 Å². The van der Waals surface area contributed by atoms with Crippen molar-refractivity contribution in [1.29, 1.82) is 0 Å². The van der Waals surface area contributed by atoms with Gasteiger partial charge < -0.3 is 9.64 Å². The Morgan fingerprint density at radius 3 is 2.76 bits per heavy atom. The van der Waals surface area contributed by atoms with Crippen molar-refractivity contribution in [3.05, 3.63) is 28.2 Å². The second kappa shape index (κ2) is 7.12. The van der Waals surface area contributed by atoms with Crippen LogP contribution in [0, 0.1) is 0 Å². The highest BCUT2D eigenvalue weighted by Crippen LogP contribution is 2.29. The molecule has 0 radical (unpaired) electrons. The van der Waals surface area contributed by atoms with Crippen molar-refractivity contribution in [1.82, 2.24) is 4.90 Å². The molecule has 1 aromatic rings. The minimum atomic E-state index is 0.354. The average molecular weight is 353 g/mol. The van der Waals surface area contributed by atoms with E-state index in [0.717, 1.165) is 26.2 Å². The smallest absolute Gasteiger partial charge is 0.0674 e. The average Bonchev–Trinajstić information content (AvgIpc) is 2.50. The Hall–Kier alpha value is -0.580. The molecule has 2 aliphatic heterocycles. The molecule has 0 aliphatic carbocycles. The van der Waals surface area contributed by atoms with Crippen LogP contribution in [-0.4, -0.2) is 43.8 Å². The number of nitrogens with zero attached hydrogens (tertiary/aromatic N) is 2. The molecule has 21 heavy (non-hydrogen) atoms. The molecule has 3 rings (SSSR count). The first-order chi connectivity index (χ1) is 10.2. The van der Waals surface area contributed by atoms with Gasteiger partial charge in [0.2, 0.25) is 0 Å². The standard InChI is InChI=1S/C17H25BrN2O/c1-14-12-19(9-10-21-14)13-15-5-6-16(18)11-17(15)20-7-3-2-4-8-20/h5-6,11,14H,2-4,7-10,12-13H2,1H3. The highest BCUT2D eigenvalue weighted by molar-refractivity contribution is 9.10. The molecule has 2 saturated heterocycles. The Morgan fingerprint density at radius 2 is 2.00 bits per heavy atom. The fraction of sp³-hybridized carbons (Fsp3) is 0.647. The third kappa shape index (κ3) is 3.99. The van der Waals surface area contributed by atoms with Crippen LogP contribution in [-0.2, 0) is 11.3 Å². The SMILES string of the molecule is CC1CN(Cc2ccc(Br)cc2N2CCCCC2)CCO1. The Balaban J connectivity index is 1.77. The van der Waals surface area contributed by atoms with Gasteiger partial charge in [-0.15, -0.1) is 0 Å². The number of piperidine rings is 1. The van der Waals surface area contributed by atoms with Crippen molar-refractivity contribution >= 4 is 21.6 Å². The van der Waals surface area contributed by atoms with Gasteiger partial charge in [-0.3, -0.25) is 4.90 Å². The minimum absolute atomic E-state index is 0.354. The highest BCUT2D eigenvalue weighted by atomic mass is 79.9. The van der Waals surface area contributed by atoms with Crippen LogP contribution in [0.15, 0.2) is 22.7 Å². The predicted octanol–water partition coefficient (Wildman–Crippen LogP) is 3.66. The molecular formula is C17H25BrN2O. The largest absolute Gasteiger partial charge is 0.376 e. The number of rotatable bonds is 3. The number of halogens is 1. The fourth-order valence-corrected chi connectivity index (χ4v) is 3.72. The summed E-state index contributed by atoms with van der Waals surface area (Å²) >= 11 is 3.64. The molecule has 2 fully saturated rings. The molecule has 1 aromatic carbocycles. The van der Waals surface area contributed by atoms with E-state index in [9.17, 15) is 0 Å². The van der Waals surface area contributed by atoms with Crippen LogP contribution >= 0.6 is 15.9 Å². The van der Waals surface area contributed by atoms with E-state index in [-0.39, 0.29) is 0 Å². The van der Waals surface area contributed by atoms with Crippen LogP contribution in [0.1, 0.15) is 31.7 Å². The summed E-state index contributed by atoms with van der Waals surface area (Å²) in [6, 6.07) is 6.76. The molecule has 3 nitrogen and oxygen atoms in total. The van der Waals surface area contributed by atoms with Gasteiger partial charge in [0, 0.05) is 42.9 Å². The summed E-state index contributed by atoms with van der Waals surface area (Å²) in [5, 5.41) is 0. The number of hydrogen-bond donors (Lipinski definition) is 0. The quantitative estimate of drug-likeness (QED) is 0.825. The molecule has 4 heteroatoms. The van der Waals surface area contributed by atoms with E-state index in [0.29, 0.717) is 6.10 Å². The Labute approximate surface area is 136 Å². The van der Waals surface area contributed by atoms with Gasteiger partial charge in [-0.2, -0.15) is 0 Å². The van der Waals surface area contributed by atoms with Gasteiger partial charge in [0.05, 0.1) is 12.7 Å². The maximum absolute atomic E-state index is 5.65. The Kier molecular flexibility index (Phi) is 5.19. The zero-order chi connectivity index (χ0) is 14.7. The van der Waals surface area contributed by atoms with Crippen LogP contribution in [0.4, 0.5) is 5.69 Å². The third-order valence-corrected chi connectivity index (χ3v) is 4.96. The van der Waals surface area contributed by atoms with Crippen LogP contribution in [0.5, 0.6) is 0 Å². The molecule has 0 bridgehead atoms. The Bertz CT molecular complexity index is 474. The van der Waals surface area contributed by atoms with Crippen LogP contribution in [0.3, 0.4) is 0 Å². The number of ether oxygens (including phenoxy) is 1. The van der Waals surface area contributed by atoms with Crippen molar-refractivity contribution < 1.29 is 4.74 Å². The molecule has 2 heterocycles. The summed E-state index contributed by atoms with van der Waals surface area (Å²) in [5.74, 6) is 0. The van der Waals surface area contributed by atoms with Crippen LogP contribution < -0.4 is 4.90 Å². The van der Waals surface area contributed by atoms with Gasteiger partial charge in [-0.25, -0.2) is 0 Å². The first-order valence-electron chi connectivity index (χ1n) is 8.10. The van der Waals surface area contributed by atoms with Gasteiger partial charge in [0.15, 0.2) is 0 Å². The third-order valence-electron chi connectivity index (χ3n) is 4.46. The van der Waals surface area contributed by atoms with Crippen LogP contribution in [0.25, 0.3) is 0 Å². The molecular weight excluding hydrogens is 328 g/mol. The van der Waals surface area contributed by atoms with Crippen molar-refractivity contribution in [2.75, 3.05) is 37.7 Å². The number of benzene rings is 1. The second-order valence-corrected chi connectivity index (χ2v) is 7.15. The summed E-state index contributed by atoms with van der Waals surface area (Å²) in [4.78, 5) is 5.08. The van der Waals surface area contributed by atoms with E-state index in [1.807, 2.05) is 0 Å². The lowest BCUT2D eigenvalue weighted by Crippen LogP contribution is -2.41. The maximum Gasteiger partial charge on any atom is 0.0674 e. The van der Waals surface area contributed by atoms with Gasteiger partial charge in [-0.05, 0) is 43.9 Å². The van der Waals surface area contributed by atoms with Crippen molar-refractivity contribution in [3.63, 3.8) is 0 Å². The monoisotopic (exact) mass is 352 g/mol. The van der Waals surface area contributed by atoms with E-state index in [1.165, 1.54) is 48.1 Å². The van der Waals surface area contributed by atoms with Crippen molar-refractivity contribution in [2.45, 2.75) is 38.8 Å². The lowest BCUT2D eigenvalue weighted by atomic mass is 10.1. The van der Waals surface area contributed by atoms with E-state index < -0.39 is 0 Å². The fourth-order valence-electron chi connectivity index (χ4n) is 3.37. The summed E-state index contributed by atoms with van der Waals surface area (Å²) in [5.41, 5.74) is 2.87. The minimum Gasteiger partial charge on any atom is -0.376 e. The summed E-state index contributed by atoms with van der Waals surface area (Å²) in [7, 11) is 0. The van der Waals surface area contributed by atoms with Gasteiger partial charge in [0.1, 0.15) is 0 Å². The maximum atomic E-state index is 5.65. The molecule has 2 aliphatic rings. The summed E-state index contributed by atoms with van der Waals surface area (Å²) in [6.07, 6.45) is 4.37. The molecule has 0 amide bonds. The molecule has 1 atom stereocenters. The molecule has 116 valence electrons. The number of anilines is 1. The topological polar surface area (TPSA) is 15.7 Å². The lowest BCUT2D eigenvalue weighted by Gasteiger charge is -2.34. The van der Waals surface area contributed by atoms with Gasteiger partial charge in [-0.1, -0.05) is 22.0 Å². The van der Waals surface area contributed by atoms with Gasteiger partial charge in [0.25, 0.3) is 0 Å². The first-order valence-corrected chi connectivity index (χ1v) is 8.89. The molecule has 1 unspecified atom stereocenters. The zero-order valence-corrected chi connectivity index (χ0v) is 14.4. The lowest BCUT2D eigenvalue weighted by molar-refractivity contribution is -0.0211. The highest BCUT2D eigenvalue weighted by Gasteiger charge is 2.20. The van der Waals surface area contributed by atoms with Crippen molar-refractivity contribution in [3.8, 4) is 0 Å². The molecule has 0 saturated carbocycles. The van der Waals surface area contributed by atoms with E-state index in [2.05, 4.69) is 50.9 Å². The molecule has 0 N–H and O–H groups in total. The second-order valence-electron chi connectivity index (χ2n) is 6.24. The van der Waals surface area contributed by atoms with Gasteiger partial charge >= 0.3 is 0 Å². The van der Waals surface area contributed by atoms with E-state index >= 15 is 0 Å². The number of morpholine rings is 1. The first kappa shape index (κ1) is 15.3. The summed E-state index contributed by atoms with van der Waals surface area (Å²) in [6.45, 7) is 8.53. The summed E-state index contributed by atoms with van der Waals surface area (Å²) < 4.78 is 6.83. The zero-order valence-electron chi connectivity index (χ0n) is 12.9. The Morgan fingerprint density at radius 1 is 1.19 bits per heavy atom. The van der Waals surface area contributed by atoms with E-state index in [1.54, 1.807) is 0 Å². The normalized spacial score (nSPS) is 24.3. The van der Waals surface area contributed by atoms with E-state index in [4.69, 9.17) is 4.74 Å². The number of hydrogen-bond acceptors (Lipinski definition) is 3. The molecule has 0 spiro atoms. The van der Waals surface area contributed by atoms with Crippen molar-refractivity contribution in [2.24, 2.45) is 0 Å². The predicted molar refractivity (Wildman–Crippen MR) is 90.9 cm³/mol. The molecule has 0 aromatic heterocycles.